The molecule has 0 radical (unpaired) electrons. The lowest BCUT2D eigenvalue weighted by molar-refractivity contribution is -0.117. The molecule has 0 aliphatic carbocycles. The Labute approximate surface area is 168 Å². The Morgan fingerprint density at radius 2 is 1.71 bits per heavy atom. The van der Waals surface area contributed by atoms with E-state index < -0.39 is 16.1 Å². The predicted molar refractivity (Wildman–Crippen MR) is 116 cm³/mol. The van der Waals surface area contributed by atoms with Crippen LogP contribution in [0.15, 0.2) is 42.5 Å². The number of amides is 1. The Morgan fingerprint density at radius 1 is 1.07 bits per heavy atom. The van der Waals surface area contributed by atoms with Crippen molar-refractivity contribution in [1.29, 1.82) is 0 Å². The van der Waals surface area contributed by atoms with Crippen molar-refractivity contribution in [1.82, 2.24) is 0 Å². The highest BCUT2D eigenvalue weighted by Gasteiger charge is 2.32. The zero-order valence-corrected chi connectivity index (χ0v) is 18.3. The fraction of sp³-hybridized carbons (Fsp3) is 0.409. The molecule has 2 rings (SSSR count). The Kier molecular flexibility index (Phi) is 6.88. The van der Waals surface area contributed by atoms with Crippen molar-refractivity contribution in [3.63, 3.8) is 0 Å². The summed E-state index contributed by atoms with van der Waals surface area (Å²) in [5, 5.41) is 2.95. The monoisotopic (exact) mass is 402 g/mol. The first-order valence-corrected chi connectivity index (χ1v) is 11.4. The number of nitrogens with zero attached hydrogens (tertiary/aromatic N) is 1. The molecule has 0 bridgehead atoms. The second-order valence-electron chi connectivity index (χ2n) is 7.48. The molecule has 0 aliphatic rings. The molecule has 0 saturated carbocycles. The van der Waals surface area contributed by atoms with Crippen molar-refractivity contribution >= 4 is 27.3 Å². The van der Waals surface area contributed by atoms with Crippen LogP contribution < -0.4 is 9.62 Å². The average Bonchev–Trinajstić information content (AvgIpc) is 2.61. The number of rotatable bonds is 7. The van der Waals surface area contributed by atoms with Crippen molar-refractivity contribution in [2.45, 2.75) is 53.0 Å². The van der Waals surface area contributed by atoms with E-state index in [1.54, 1.807) is 6.07 Å². The summed E-state index contributed by atoms with van der Waals surface area (Å²) in [5.74, 6) is -0.0958. The minimum atomic E-state index is -3.65. The first-order valence-electron chi connectivity index (χ1n) is 9.52. The number of anilines is 2. The number of benzene rings is 2. The Hall–Kier alpha value is -2.34. The highest BCUT2D eigenvalue weighted by molar-refractivity contribution is 7.92. The predicted octanol–water partition coefficient (Wildman–Crippen LogP) is 4.61. The van der Waals surface area contributed by atoms with E-state index in [1.807, 2.05) is 57.2 Å². The number of hydrogen-bond acceptors (Lipinski definition) is 3. The van der Waals surface area contributed by atoms with E-state index in [4.69, 9.17) is 0 Å². The Bertz CT molecular complexity index is 952. The Morgan fingerprint density at radius 3 is 2.25 bits per heavy atom. The normalized spacial score (nSPS) is 12.7. The highest BCUT2D eigenvalue weighted by atomic mass is 32.2. The molecule has 0 aliphatic heterocycles. The summed E-state index contributed by atoms with van der Waals surface area (Å²) in [6.07, 6.45) is 1.50. The van der Waals surface area contributed by atoms with Crippen LogP contribution in [0.25, 0.3) is 0 Å². The maximum absolute atomic E-state index is 13.1. The number of carbonyl (C=O) groups excluding carboxylic acids is 1. The molecule has 1 atom stereocenters. The minimum Gasteiger partial charge on any atom is -0.324 e. The zero-order chi connectivity index (χ0) is 21.1. The van der Waals surface area contributed by atoms with Gasteiger partial charge in [0.2, 0.25) is 15.9 Å². The molecule has 1 N–H and O–H groups in total. The fourth-order valence-electron chi connectivity index (χ4n) is 3.25. The number of hydrogen-bond donors (Lipinski definition) is 1. The average molecular weight is 403 g/mol. The van der Waals surface area contributed by atoms with Crippen molar-refractivity contribution < 1.29 is 13.2 Å². The van der Waals surface area contributed by atoms with E-state index in [0.717, 1.165) is 28.6 Å². The van der Waals surface area contributed by atoms with Gasteiger partial charge in [-0.05, 0) is 61.1 Å². The van der Waals surface area contributed by atoms with Gasteiger partial charge in [0.15, 0.2) is 0 Å². The summed E-state index contributed by atoms with van der Waals surface area (Å²) in [7, 11) is -3.65. The number of aryl methyl sites for hydroxylation is 2. The summed E-state index contributed by atoms with van der Waals surface area (Å²) in [6.45, 7) is 9.83. The van der Waals surface area contributed by atoms with Gasteiger partial charge in [-0.25, -0.2) is 8.42 Å². The number of para-hydroxylation sites is 1. The van der Waals surface area contributed by atoms with Crippen LogP contribution in [-0.4, -0.2) is 26.6 Å². The van der Waals surface area contributed by atoms with Gasteiger partial charge in [0, 0.05) is 5.69 Å². The van der Waals surface area contributed by atoms with Crippen molar-refractivity contribution in [3.05, 3.63) is 59.2 Å². The van der Waals surface area contributed by atoms with Gasteiger partial charge >= 0.3 is 0 Å². The van der Waals surface area contributed by atoms with Crippen LogP contribution in [0.2, 0.25) is 0 Å². The third kappa shape index (κ3) is 4.93. The highest BCUT2D eigenvalue weighted by Crippen LogP contribution is 2.27. The van der Waals surface area contributed by atoms with Gasteiger partial charge < -0.3 is 5.32 Å². The molecule has 2 aromatic carbocycles. The van der Waals surface area contributed by atoms with Crippen LogP contribution in [0.1, 0.15) is 49.8 Å². The van der Waals surface area contributed by atoms with E-state index >= 15 is 0 Å². The third-order valence-corrected chi connectivity index (χ3v) is 6.10. The van der Waals surface area contributed by atoms with Crippen LogP contribution in [0.3, 0.4) is 0 Å². The topological polar surface area (TPSA) is 66.5 Å². The lowest BCUT2D eigenvalue weighted by Gasteiger charge is -2.31. The van der Waals surface area contributed by atoms with E-state index in [1.165, 1.54) is 4.31 Å². The van der Waals surface area contributed by atoms with Gasteiger partial charge in [0.1, 0.15) is 6.04 Å². The molecule has 0 spiro atoms. The van der Waals surface area contributed by atoms with E-state index in [2.05, 4.69) is 19.2 Å². The van der Waals surface area contributed by atoms with Crippen LogP contribution in [0.5, 0.6) is 0 Å². The van der Waals surface area contributed by atoms with Gasteiger partial charge in [-0.15, -0.1) is 0 Å². The molecule has 2 aromatic rings. The molecular weight excluding hydrogens is 372 g/mol. The molecule has 6 heteroatoms. The third-order valence-electron chi connectivity index (χ3n) is 4.92. The summed E-state index contributed by atoms with van der Waals surface area (Å²) >= 11 is 0. The summed E-state index contributed by atoms with van der Waals surface area (Å²) in [6, 6.07) is 12.2. The molecule has 28 heavy (non-hydrogen) atoms. The molecule has 152 valence electrons. The maximum Gasteiger partial charge on any atom is 0.248 e. The lowest BCUT2D eigenvalue weighted by atomic mass is 10.0. The standard InChI is InChI=1S/C22H30N2O3S/c1-7-21(22(25)23-20-11-9-8-10-19(20)15(2)3)24(28(6,26)27)18-13-12-16(4)17(5)14-18/h8-15,21H,7H2,1-6H3,(H,23,25)/t21-/m0/s1. The summed E-state index contributed by atoms with van der Waals surface area (Å²) in [4.78, 5) is 13.1. The fourth-order valence-corrected chi connectivity index (χ4v) is 4.46. The second-order valence-corrected chi connectivity index (χ2v) is 9.34. The van der Waals surface area contributed by atoms with E-state index in [0.29, 0.717) is 12.1 Å². The molecule has 0 aromatic heterocycles. The first-order chi connectivity index (χ1) is 13.1. The maximum atomic E-state index is 13.1. The van der Waals surface area contributed by atoms with Crippen molar-refractivity contribution in [2.24, 2.45) is 0 Å². The molecular formula is C22H30N2O3S. The number of nitrogens with one attached hydrogen (secondary N) is 1. The van der Waals surface area contributed by atoms with Crippen LogP contribution in [-0.2, 0) is 14.8 Å². The summed E-state index contributed by atoms with van der Waals surface area (Å²) in [5.41, 5.74) is 4.29. The first kappa shape index (κ1) is 22.0. The van der Waals surface area contributed by atoms with Gasteiger partial charge in [-0.3, -0.25) is 9.10 Å². The van der Waals surface area contributed by atoms with Crippen LogP contribution in [0.4, 0.5) is 11.4 Å². The zero-order valence-electron chi connectivity index (χ0n) is 17.5. The number of carbonyl (C=O) groups is 1. The molecule has 0 unspecified atom stereocenters. The molecule has 0 heterocycles. The van der Waals surface area contributed by atoms with Gasteiger partial charge in [0.25, 0.3) is 0 Å². The quantitative estimate of drug-likeness (QED) is 0.735. The molecule has 5 nitrogen and oxygen atoms in total. The largest absolute Gasteiger partial charge is 0.324 e. The van der Waals surface area contributed by atoms with Gasteiger partial charge in [-0.1, -0.05) is 45.0 Å². The molecule has 0 fully saturated rings. The van der Waals surface area contributed by atoms with E-state index in [9.17, 15) is 13.2 Å². The number of sulfonamides is 1. The molecule has 1 amide bonds. The van der Waals surface area contributed by atoms with E-state index in [-0.39, 0.29) is 11.8 Å². The van der Waals surface area contributed by atoms with Gasteiger partial charge in [-0.2, -0.15) is 0 Å². The lowest BCUT2D eigenvalue weighted by Crippen LogP contribution is -2.47. The smallest absolute Gasteiger partial charge is 0.248 e. The Balaban J connectivity index is 2.44. The second kappa shape index (κ2) is 8.78. The summed E-state index contributed by atoms with van der Waals surface area (Å²) < 4.78 is 26.4. The van der Waals surface area contributed by atoms with Gasteiger partial charge in [0.05, 0.1) is 11.9 Å². The van der Waals surface area contributed by atoms with Crippen molar-refractivity contribution in [2.75, 3.05) is 15.9 Å². The van der Waals surface area contributed by atoms with Crippen LogP contribution >= 0.6 is 0 Å². The van der Waals surface area contributed by atoms with Crippen LogP contribution in [0, 0.1) is 13.8 Å². The SMILES string of the molecule is CC[C@@H](C(=O)Nc1ccccc1C(C)C)N(c1ccc(C)c(C)c1)S(C)(=O)=O. The minimum absolute atomic E-state index is 0.238. The van der Waals surface area contributed by atoms with Crippen molar-refractivity contribution in [3.8, 4) is 0 Å². The molecule has 0 saturated heterocycles.